The van der Waals surface area contributed by atoms with Gasteiger partial charge in [0.1, 0.15) is 5.82 Å². The van der Waals surface area contributed by atoms with Crippen LogP contribution < -0.4 is 0 Å². The summed E-state index contributed by atoms with van der Waals surface area (Å²) in [5.41, 5.74) is 4.58. The number of nitrogens with one attached hydrogen (secondary N) is 1. The van der Waals surface area contributed by atoms with Crippen molar-refractivity contribution >= 4 is 16.9 Å². The fraction of sp³-hybridized carbons (Fsp3) is 0.0455. The average molecular weight is 345 g/mol. The molecule has 0 unspecified atom stereocenters. The SMILES string of the molecule is O=C(O)Cc1c(-c2ccc(-c3ccccc3)cc2)[nH]c2c(F)cccc12. The summed E-state index contributed by atoms with van der Waals surface area (Å²) in [5, 5.41) is 9.88. The second-order valence-corrected chi connectivity index (χ2v) is 6.15. The van der Waals surface area contributed by atoms with Gasteiger partial charge in [0.25, 0.3) is 0 Å². The van der Waals surface area contributed by atoms with Crippen LogP contribution in [0.15, 0.2) is 72.8 Å². The molecule has 0 radical (unpaired) electrons. The second-order valence-electron chi connectivity index (χ2n) is 6.15. The Bertz CT molecular complexity index is 1080. The number of aliphatic carboxylic acids is 1. The maximum absolute atomic E-state index is 14.1. The number of aromatic nitrogens is 1. The van der Waals surface area contributed by atoms with Crippen LogP contribution in [0.5, 0.6) is 0 Å². The van der Waals surface area contributed by atoms with Gasteiger partial charge in [0, 0.05) is 5.39 Å². The van der Waals surface area contributed by atoms with E-state index in [1.807, 2.05) is 54.6 Å². The van der Waals surface area contributed by atoms with E-state index < -0.39 is 5.97 Å². The monoisotopic (exact) mass is 345 g/mol. The van der Waals surface area contributed by atoms with Gasteiger partial charge in [-0.2, -0.15) is 0 Å². The molecule has 26 heavy (non-hydrogen) atoms. The molecule has 1 heterocycles. The smallest absolute Gasteiger partial charge is 0.307 e. The first-order chi connectivity index (χ1) is 12.6. The Balaban J connectivity index is 1.83. The molecule has 0 spiro atoms. The molecule has 3 nitrogen and oxygen atoms in total. The maximum atomic E-state index is 14.1. The molecule has 0 saturated carbocycles. The zero-order chi connectivity index (χ0) is 18.1. The first-order valence-electron chi connectivity index (χ1n) is 8.30. The van der Waals surface area contributed by atoms with Crippen LogP contribution in [0.4, 0.5) is 4.39 Å². The number of hydrogen-bond acceptors (Lipinski definition) is 1. The fourth-order valence-electron chi connectivity index (χ4n) is 3.28. The molecule has 0 atom stereocenters. The van der Waals surface area contributed by atoms with Crippen molar-refractivity contribution in [3.8, 4) is 22.4 Å². The zero-order valence-electron chi connectivity index (χ0n) is 13.9. The summed E-state index contributed by atoms with van der Waals surface area (Å²) in [6, 6.07) is 22.5. The van der Waals surface area contributed by atoms with Crippen LogP contribution in [0, 0.1) is 5.82 Å². The van der Waals surface area contributed by atoms with Crippen LogP contribution in [0.3, 0.4) is 0 Å². The third-order valence-corrected chi connectivity index (χ3v) is 4.50. The standard InChI is InChI=1S/C22H16FNO2/c23-19-8-4-7-17-18(13-20(25)26)21(24-22(17)19)16-11-9-15(10-12-16)14-5-2-1-3-6-14/h1-12,24H,13H2,(H,25,26). The van der Waals surface area contributed by atoms with Crippen LogP contribution >= 0.6 is 0 Å². The number of benzene rings is 3. The van der Waals surface area contributed by atoms with Crippen LogP contribution in [0.1, 0.15) is 5.56 Å². The highest BCUT2D eigenvalue weighted by molar-refractivity contribution is 5.94. The lowest BCUT2D eigenvalue weighted by Gasteiger charge is -2.06. The summed E-state index contributed by atoms with van der Waals surface area (Å²) in [6.45, 7) is 0. The Morgan fingerprint density at radius 2 is 1.50 bits per heavy atom. The first kappa shape index (κ1) is 16.1. The number of rotatable bonds is 4. The number of fused-ring (bicyclic) bond motifs is 1. The largest absolute Gasteiger partial charge is 0.481 e. The Hall–Kier alpha value is -3.40. The van der Waals surface area contributed by atoms with Crippen molar-refractivity contribution < 1.29 is 14.3 Å². The zero-order valence-corrected chi connectivity index (χ0v) is 13.9. The van der Waals surface area contributed by atoms with Crippen molar-refractivity contribution in [3.05, 3.63) is 84.2 Å². The highest BCUT2D eigenvalue weighted by Gasteiger charge is 2.17. The van der Waals surface area contributed by atoms with Gasteiger partial charge in [-0.15, -0.1) is 0 Å². The molecule has 0 saturated heterocycles. The molecule has 4 heteroatoms. The molecule has 0 amide bonds. The van der Waals surface area contributed by atoms with Crippen LogP contribution in [-0.4, -0.2) is 16.1 Å². The summed E-state index contributed by atoms with van der Waals surface area (Å²) in [6.07, 6.45) is -0.167. The van der Waals surface area contributed by atoms with Crippen LogP contribution in [0.25, 0.3) is 33.3 Å². The Morgan fingerprint density at radius 1 is 0.846 bits per heavy atom. The summed E-state index contributed by atoms with van der Waals surface area (Å²) in [5.74, 6) is -1.33. The van der Waals surface area contributed by atoms with Crippen molar-refractivity contribution in [2.75, 3.05) is 0 Å². The molecule has 4 aromatic rings. The van der Waals surface area contributed by atoms with Gasteiger partial charge in [0.05, 0.1) is 17.6 Å². The molecule has 4 rings (SSSR count). The third kappa shape index (κ3) is 2.86. The van der Waals surface area contributed by atoms with Gasteiger partial charge in [-0.3, -0.25) is 4.79 Å². The predicted octanol–water partition coefficient (Wildman–Crippen LogP) is 5.27. The number of carbonyl (C=O) groups is 1. The quantitative estimate of drug-likeness (QED) is 0.529. The Kier molecular flexibility index (Phi) is 4.01. The van der Waals surface area contributed by atoms with Gasteiger partial charge in [-0.1, -0.05) is 66.7 Å². The molecule has 0 aliphatic rings. The lowest BCUT2D eigenvalue weighted by Crippen LogP contribution is -2.00. The molecule has 0 aliphatic heterocycles. The molecule has 2 N–H and O–H groups in total. The summed E-state index contributed by atoms with van der Waals surface area (Å²) >= 11 is 0. The van der Waals surface area contributed by atoms with Crippen molar-refractivity contribution in [1.29, 1.82) is 0 Å². The van der Waals surface area contributed by atoms with Crippen molar-refractivity contribution in [3.63, 3.8) is 0 Å². The Labute approximate surface area is 149 Å². The van der Waals surface area contributed by atoms with Crippen molar-refractivity contribution in [2.24, 2.45) is 0 Å². The Morgan fingerprint density at radius 3 is 2.19 bits per heavy atom. The van der Waals surface area contributed by atoms with E-state index in [1.54, 1.807) is 12.1 Å². The predicted molar refractivity (Wildman–Crippen MR) is 100 cm³/mol. The molecule has 0 fully saturated rings. The van der Waals surface area contributed by atoms with Crippen LogP contribution in [0.2, 0.25) is 0 Å². The topological polar surface area (TPSA) is 53.1 Å². The maximum Gasteiger partial charge on any atom is 0.307 e. The molecule has 1 aromatic heterocycles. The molecule has 128 valence electrons. The number of para-hydroxylation sites is 1. The molecule has 0 bridgehead atoms. The molecule has 0 aliphatic carbocycles. The summed E-state index contributed by atoms with van der Waals surface area (Å²) in [7, 11) is 0. The summed E-state index contributed by atoms with van der Waals surface area (Å²) < 4.78 is 14.1. The van der Waals surface area contributed by atoms with Gasteiger partial charge < -0.3 is 10.1 Å². The van der Waals surface area contributed by atoms with Gasteiger partial charge in [-0.25, -0.2) is 4.39 Å². The molecule has 3 aromatic carbocycles. The van der Waals surface area contributed by atoms with Gasteiger partial charge >= 0.3 is 5.97 Å². The van der Waals surface area contributed by atoms with E-state index in [-0.39, 0.29) is 12.2 Å². The minimum Gasteiger partial charge on any atom is -0.481 e. The van der Waals surface area contributed by atoms with E-state index in [9.17, 15) is 14.3 Å². The number of hydrogen-bond donors (Lipinski definition) is 2. The van der Waals surface area contributed by atoms with E-state index in [0.717, 1.165) is 16.7 Å². The average Bonchev–Trinajstić information content (AvgIpc) is 3.02. The molecular weight excluding hydrogens is 329 g/mol. The lowest BCUT2D eigenvalue weighted by atomic mass is 9.99. The van der Waals surface area contributed by atoms with Gasteiger partial charge in [-0.05, 0) is 28.3 Å². The first-order valence-corrected chi connectivity index (χ1v) is 8.30. The minimum absolute atomic E-state index is 0.167. The number of halogens is 1. The normalized spacial score (nSPS) is 11.0. The van der Waals surface area contributed by atoms with Crippen molar-refractivity contribution in [1.82, 2.24) is 4.98 Å². The van der Waals surface area contributed by atoms with Gasteiger partial charge in [0.2, 0.25) is 0 Å². The summed E-state index contributed by atoms with van der Waals surface area (Å²) in [4.78, 5) is 14.4. The van der Waals surface area contributed by atoms with Crippen LogP contribution in [-0.2, 0) is 11.2 Å². The lowest BCUT2D eigenvalue weighted by molar-refractivity contribution is -0.136. The fourth-order valence-corrected chi connectivity index (χ4v) is 3.28. The van der Waals surface area contributed by atoms with E-state index in [2.05, 4.69) is 4.98 Å². The van der Waals surface area contributed by atoms with E-state index in [1.165, 1.54) is 6.07 Å². The van der Waals surface area contributed by atoms with Gasteiger partial charge in [0.15, 0.2) is 0 Å². The third-order valence-electron chi connectivity index (χ3n) is 4.50. The van der Waals surface area contributed by atoms with E-state index >= 15 is 0 Å². The van der Waals surface area contributed by atoms with E-state index in [0.29, 0.717) is 22.2 Å². The second kappa shape index (κ2) is 6.48. The highest BCUT2D eigenvalue weighted by Crippen LogP contribution is 2.33. The van der Waals surface area contributed by atoms with E-state index in [4.69, 9.17) is 0 Å². The highest BCUT2D eigenvalue weighted by atomic mass is 19.1. The number of H-pyrrole nitrogens is 1. The number of aromatic amines is 1. The molecular formula is C22H16FNO2. The number of carboxylic acid groups (broad SMARTS) is 1. The number of carboxylic acids is 1. The van der Waals surface area contributed by atoms with Crippen molar-refractivity contribution in [2.45, 2.75) is 6.42 Å². The minimum atomic E-state index is -0.947.